The van der Waals surface area contributed by atoms with E-state index in [1.54, 1.807) is 6.07 Å². The molecule has 2 nitrogen and oxygen atoms in total. The van der Waals surface area contributed by atoms with Crippen LogP contribution in [0.5, 0.6) is 0 Å². The highest BCUT2D eigenvalue weighted by molar-refractivity contribution is 7.11. The van der Waals surface area contributed by atoms with Crippen molar-refractivity contribution >= 4 is 34.3 Å². The third-order valence-electron chi connectivity index (χ3n) is 1.81. The number of nitrogens with zero attached hydrogens (tertiary/aromatic N) is 1. The zero-order valence-corrected chi connectivity index (χ0v) is 9.79. The monoisotopic (exact) mass is 245 g/mol. The molecule has 0 bridgehead atoms. The van der Waals surface area contributed by atoms with Crippen LogP contribution in [0, 0.1) is 6.92 Å². The number of thiazole rings is 1. The average molecular weight is 246 g/mol. The van der Waals surface area contributed by atoms with Crippen molar-refractivity contribution in [2.24, 2.45) is 0 Å². The number of hydrogen-bond donors (Lipinski definition) is 1. The van der Waals surface area contributed by atoms with E-state index in [9.17, 15) is 5.11 Å². The molecule has 2 aromatic heterocycles. The molecule has 0 aliphatic heterocycles. The highest BCUT2D eigenvalue weighted by atomic mass is 35.5. The van der Waals surface area contributed by atoms with Crippen LogP contribution in [0.4, 0.5) is 0 Å². The van der Waals surface area contributed by atoms with Gasteiger partial charge in [-0.2, -0.15) is 0 Å². The highest BCUT2D eigenvalue weighted by Gasteiger charge is 2.17. The van der Waals surface area contributed by atoms with E-state index in [0.717, 1.165) is 9.88 Å². The van der Waals surface area contributed by atoms with Gasteiger partial charge in [0.2, 0.25) is 0 Å². The van der Waals surface area contributed by atoms with Gasteiger partial charge in [0.25, 0.3) is 0 Å². The molecule has 0 fully saturated rings. The lowest BCUT2D eigenvalue weighted by Gasteiger charge is -2.05. The Morgan fingerprint density at radius 2 is 2.29 bits per heavy atom. The van der Waals surface area contributed by atoms with Crippen LogP contribution in [0.25, 0.3) is 0 Å². The molecule has 2 rings (SSSR count). The molecule has 1 unspecified atom stereocenters. The normalized spacial score (nSPS) is 13.1. The van der Waals surface area contributed by atoms with Gasteiger partial charge >= 0.3 is 0 Å². The molecule has 2 aromatic rings. The number of thiophene rings is 1. The molecule has 0 amide bonds. The third-order valence-corrected chi connectivity index (χ3v) is 4.01. The van der Waals surface area contributed by atoms with Gasteiger partial charge in [-0.25, -0.2) is 4.98 Å². The van der Waals surface area contributed by atoms with Crippen LogP contribution < -0.4 is 0 Å². The van der Waals surface area contributed by atoms with E-state index in [1.165, 1.54) is 22.7 Å². The quantitative estimate of drug-likeness (QED) is 0.881. The van der Waals surface area contributed by atoms with Crippen LogP contribution >= 0.6 is 34.3 Å². The summed E-state index contributed by atoms with van der Waals surface area (Å²) in [4.78, 5) is 4.99. The molecule has 0 saturated carbocycles. The smallest absolute Gasteiger partial charge is 0.132 e. The Hall–Kier alpha value is -0.420. The summed E-state index contributed by atoms with van der Waals surface area (Å²) in [6.45, 7) is 1.91. The number of aliphatic hydroxyl groups is 1. The Kier molecular flexibility index (Phi) is 2.88. The lowest BCUT2D eigenvalue weighted by molar-refractivity contribution is 0.220. The third kappa shape index (κ3) is 1.83. The minimum Gasteiger partial charge on any atom is -0.381 e. The molecule has 0 radical (unpaired) electrons. The first-order valence-corrected chi connectivity index (χ1v) is 6.15. The molecular weight excluding hydrogens is 238 g/mol. The first-order valence-electron chi connectivity index (χ1n) is 4.01. The van der Waals surface area contributed by atoms with Crippen molar-refractivity contribution in [3.8, 4) is 0 Å². The average Bonchev–Trinajstić information content (AvgIpc) is 2.73. The lowest BCUT2D eigenvalue weighted by atomic mass is 10.2. The minimum atomic E-state index is -0.688. The molecule has 0 aromatic carbocycles. The Morgan fingerprint density at radius 1 is 1.50 bits per heavy atom. The first kappa shape index (κ1) is 10.1. The number of aromatic nitrogens is 1. The summed E-state index contributed by atoms with van der Waals surface area (Å²) in [6.07, 6.45) is -0.688. The van der Waals surface area contributed by atoms with Crippen LogP contribution in [0.3, 0.4) is 0 Å². The summed E-state index contributed by atoms with van der Waals surface area (Å²) in [5, 5.41) is 15.2. The van der Waals surface area contributed by atoms with E-state index in [4.69, 9.17) is 11.6 Å². The van der Waals surface area contributed by atoms with Crippen molar-refractivity contribution < 1.29 is 5.11 Å². The number of hydrogen-bond acceptors (Lipinski definition) is 4. The van der Waals surface area contributed by atoms with Gasteiger partial charge < -0.3 is 5.11 Å². The molecule has 5 heteroatoms. The van der Waals surface area contributed by atoms with E-state index in [2.05, 4.69) is 4.98 Å². The molecule has 1 atom stereocenters. The van der Waals surface area contributed by atoms with E-state index in [-0.39, 0.29) is 0 Å². The second-order valence-corrected chi connectivity index (χ2v) is 5.24. The fraction of sp³-hybridized carbons (Fsp3) is 0.222. The highest BCUT2D eigenvalue weighted by Crippen LogP contribution is 2.32. The maximum Gasteiger partial charge on any atom is 0.132 e. The molecule has 0 aliphatic rings. The van der Waals surface area contributed by atoms with Gasteiger partial charge in [0.15, 0.2) is 0 Å². The number of aryl methyl sites for hydroxylation is 1. The fourth-order valence-electron chi connectivity index (χ4n) is 1.14. The van der Waals surface area contributed by atoms with Crippen LogP contribution in [-0.4, -0.2) is 10.1 Å². The van der Waals surface area contributed by atoms with E-state index >= 15 is 0 Å². The van der Waals surface area contributed by atoms with E-state index < -0.39 is 6.10 Å². The van der Waals surface area contributed by atoms with Crippen molar-refractivity contribution in [3.05, 3.63) is 37.4 Å². The summed E-state index contributed by atoms with van der Waals surface area (Å²) in [5.74, 6) is 0. The predicted octanol–water partition coefficient (Wildman–Crippen LogP) is 3.25. The van der Waals surface area contributed by atoms with Crippen LogP contribution in [0.1, 0.15) is 21.7 Å². The maximum absolute atomic E-state index is 9.95. The SMILES string of the molecule is Cc1nc(C(O)c2sccc2Cl)cs1. The molecule has 1 N–H and O–H groups in total. The minimum absolute atomic E-state index is 0.605. The molecular formula is C9H8ClNOS2. The second-order valence-electron chi connectivity index (χ2n) is 2.83. The van der Waals surface area contributed by atoms with Crippen LogP contribution in [-0.2, 0) is 0 Å². The van der Waals surface area contributed by atoms with Crippen molar-refractivity contribution in [2.75, 3.05) is 0 Å². The van der Waals surface area contributed by atoms with Gasteiger partial charge in [-0.15, -0.1) is 22.7 Å². The number of rotatable bonds is 2. The lowest BCUT2D eigenvalue weighted by Crippen LogP contribution is -1.97. The van der Waals surface area contributed by atoms with E-state index in [1.807, 2.05) is 17.7 Å². The Bertz CT molecular complexity index is 437. The van der Waals surface area contributed by atoms with Crippen LogP contribution in [0.15, 0.2) is 16.8 Å². The summed E-state index contributed by atoms with van der Waals surface area (Å²) < 4.78 is 0. The first-order chi connectivity index (χ1) is 6.68. The summed E-state index contributed by atoms with van der Waals surface area (Å²) >= 11 is 8.89. The van der Waals surface area contributed by atoms with Gasteiger partial charge in [-0.1, -0.05) is 11.6 Å². The van der Waals surface area contributed by atoms with Crippen molar-refractivity contribution in [2.45, 2.75) is 13.0 Å². The number of aliphatic hydroxyl groups excluding tert-OH is 1. The Morgan fingerprint density at radius 3 is 2.79 bits per heavy atom. The predicted molar refractivity (Wildman–Crippen MR) is 60.2 cm³/mol. The zero-order chi connectivity index (χ0) is 10.1. The Labute approximate surface area is 94.8 Å². The summed E-state index contributed by atoms with van der Waals surface area (Å²) in [5.41, 5.74) is 0.678. The molecule has 2 heterocycles. The van der Waals surface area contributed by atoms with Crippen LogP contribution in [0.2, 0.25) is 5.02 Å². The van der Waals surface area contributed by atoms with Gasteiger partial charge in [0, 0.05) is 5.38 Å². The standard InChI is InChI=1S/C9H8ClNOS2/c1-5-11-7(4-14-5)8(12)9-6(10)2-3-13-9/h2-4,8,12H,1H3. The maximum atomic E-state index is 9.95. The second kappa shape index (κ2) is 3.98. The summed E-state index contributed by atoms with van der Waals surface area (Å²) in [6, 6.07) is 1.78. The molecule has 14 heavy (non-hydrogen) atoms. The van der Waals surface area contributed by atoms with Gasteiger partial charge in [-0.05, 0) is 18.4 Å². The number of halogens is 1. The summed E-state index contributed by atoms with van der Waals surface area (Å²) in [7, 11) is 0. The molecule has 0 aliphatic carbocycles. The fourth-order valence-corrected chi connectivity index (χ4v) is 2.93. The van der Waals surface area contributed by atoms with Crippen molar-refractivity contribution in [3.63, 3.8) is 0 Å². The van der Waals surface area contributed by atoms with E-state index in [0.29, 0.717) is 10.7 Å². The van der Waals surface area contributed by atoms with Gasteiger partial charge in [0.1, 0.15) is 6.10 Å². The van der Waals surface area contributed by atoms with Gasteiger partial charge in [-0.3, -0.25) is 0 Å². The zero-order valence-electron chi connectivity index (χ0n) is 7.40. The Balaban J connectivity index is 2.33. The topological polar surface area (TPSA) is 33.1 Å². The molecule has 74 valence electrons. The molecule has 0 saturated heterocycles. The molecule has 0 spiro atoms. The van der Waals surface area contributed by atoms with Gasteiger partial charge in [0.05, 0.1) is 20.6 Å². The van der Waals surface area contributed by atoms with Crippen molar-refractivity contribution in [1.29, 1.82) is 0 Å². The van der Waals surface area contributed by atoms with Crippen molar-refractivity contribution in [1.82, 2.24) is 4.98 Å². The largest absolute Gasteiger partial charge is 0.381 e.